The van der Waals surface area contributed by atoms with E-state index >= 15 is 0 Å². The molecule has 0 aromatic heterocycles. The van der Waals surface area contributed by atoms with Crippen molar-refractivity contribution in [3.8, 4) is 0 Å². The standard InChI is InChI=1S/C14H25NO2/c1-2-7-14(6-1)11-13(5-10-17-14)15-12-3-8-16-9-4-12/h12-13,15H,1-11H2. The Balaban J connectivity index is 1.52. The average Bonchev–Trinajstić information content (AvgIpc) is 2.79. The molecule has 3 fully saturated rings. The molecule has 0 aromatic rings. The monoisotopic (exact) mass is 239 g/mol. The van der Waals surface area contributed by atoms with Crippen LogP contribution in [0, 0.1) is 0 Å². The Morgan fingerprint density at radius 2 is 1.59 bits per heavy atom. The number of hydrogen-bond acceptors (Lipinski definition) is 3. The van der Waals surface area contributed by atoms with E-state index in [4.69, 9.17) is 9.47 Å². The topological polar surface area (TPSA) is 30.5 Å². The lowest BCUT2D eigenvalue weighted by Gasteiger charge is -2.40. The van der Waals surface area contributed by atoms with Gasteiger partial charge in [0.2, 0.25) is 0 Å². The van der Waals surface area contributed by atoms with E-state index in [9.17, 15) is 0 Å². The molecule has 3 nitrogen and oxygen atoms in total. The van der Waals surface area contributed by atoms with Gasteiger partial charge in [-0.3, -0.25) is 0 Å². The summed E-state index contributed by atoms with van der Waals surface area (Å²) in [7, 11) is 0. The molecule has 17 heavy (non-hydrogen) atoms. The van der Waals surface area contributed by atoms with Gasteiger partial charge in [0, 0.05) is 31.9 Å². The second-order valence-corrected chi connectivity index (χ2v) is 5.98. The Labute approximate surface area is 104 Å². The number of hydrogen-bond donors (Lipinski definition) is 1. The highest BCUT2D eigenvalue weighted by Gasteiger charge is 2.40. The number of rotatable bonds is 2. The van der Waals surface area contributed by atoms with Crippen molar-refractivity contribution < 1.29 is 9.47 Å². The molecule has 0 aromatic carbocycles. The van der Waals surface area contributed by atoms with Crippen LogP contribution < -0.4 is 5.32 Å². The highest BCUT2D eigenvalue weighted by molar-refractivity contribution is 4.94. The number of nitrogens with one attached hydrogen (secondary N) is 1. The molecule has 2 saturated heterocycles. The van der Waals surface area contributed by atoms with Crippen molar-refractivity contribution in [3.63, 3.8) is 0 Å². The molecule has 3 aliphatic rings. The maximum atomic E-state index is 6.08. The van der Waals surface area contributed by atoms with Gasteiger partial charge in [-0.15, -0.1) is 0 Å². The molecule has 0 bridgehead atoms. The Kier molecular flexibility index (Phi) is 3.69. The van der Waals surface area contributed by atoms with E-state index in [1.807, 2.05) is 0 Å². The minimum atomic E-state index is 0.251. The van der Waals surface area contributed by atoms with Gasteiger partial charge in [0.15, 0.2) is 0 Å². The molecule has 0 amide bonds. The fourth-order valence-electron chi connectivity index (χ4n) is 3.74. The van der Waals surface area contributed by atoms with E-state index in [1.54, 1.807) is 0 Å². The Morgan fingerprint density at radius 3 is 2.35 bits per heavy atom. The first kappa shape index (κ1) is 11.9. The second kappa shape index (κ2) is 5.25. The zero-order chi connectivity index (χ0) is 11.6. The van der Waals surface area contributed by atoms with Crippen LogP contribution in [0.15, 0.2) is 0 Å². The van der Waals surface area contributed by atoms with Gasteiger partial charge in [-0.2, -0.15) is 0 Å². The molecule has 0 radical (unpaired) electrons. The Bertz CT molecular complexity index is 245. The lowest BCUT2D eigenvalue weighted by molar-refractivity contribution is -0.0859. The van der Waals surface area contributed by atoms with Crippen molar-refractivity contribution in [3.05, 3.63) is 0 Å². The van der Waals surface area contributed by atoms with Crippen LogP contribution in [0.4, 0.5) is 0 Å². The molecule has 1 aliphatic carbocycles. The van der Waals surface area contributed by atoms with Crippen molar-refractivity contribution in [2.24, 2.45) is 0 Å². The summed E-state index contributed by atoms with van der Waals surface area (Å²) in [6, 6.07) is 1.37. The van der Waals surface area contributed by atoms with E-state index in [-0.39, 0.29) is 5.60 Å². The molecule has 3 rings (SSSR count). The van der Waals surface area contributed by atoms with Crippen molar-refractivity contribution in [1.82, 2.24) is 5.32 Å². The quantitative estimate of drug-likeness (QED) is 0.801. The summed E-state index contributed by atoms with van der Waals surface area (Å²) in [5.74, 6) is 0. The lowest BCUT2D eigenvalue weighted by atomic mass is 9.88. The molecule has 1 unspecified atom stereocenters. The molecule has 1 spiro atoms. The van der Waals surface area contributed by atoms with E-state index in [1.165, 1.54) is 51.4 Å². The molecule has 2 aliphatic heterocycles. The summed E-state index contributed by atoms with van der Waals surface area (Å²) in [6.45, 7) is 2.83. The van der Waals surface area contributed by atoms with E-state index < -0.39 is 0 Å². The maximum Gasteiger partial charge on any atom is 0.0697 e. The third-order valence-corrected chi connectivity index (χ3v) is 4.70. The van der Waals surface area contributed by atoms with Crippen LogP contribution in [-0.4, -0.2) is 37.5 Å². The average molecular weight is 239 g/mol. The molecule has 2 heterocycles. The van der Waals surface area contributed by atoms with Crippen LogP contribution in [0.2, 0.25) is 0 Å². The van der Waals surface area contributed by atoms with E-state index in [0.29, 0.717) is 12.1 Å². The van der Waals surface area contributed by atoms with Crippen LogP contribution in [0.25, 0.3) is 0 Å². The normalized spacial score (nSPS) is 34.2. The first-order valence-corrected chi connectivity index (χ1v) is 7.34. The number of ether oxygens (including phenoxy) is 2. The summed E-state index contributed by atoms with van der Waals surface area (Å²) in [5, 5.41) is 3.85. The third-order valence-electron chi connectivity index (χ3n) is 4.70. The van der Waals surface area contributed by atoms with Crippen molar-refractivity contribution in [2.75, 3.05) is 19.8 Å². The lowest BCUT2D eigenvalue weighted by Crippen LogP contribution is -2.49. The largest absolute Gasteiger partial charge is 0.381 e. The van der Waals surface area contributed by atoms with Crippen molar-refractivity contribution >= 4 is 0 Å². The third kappa shape index (κ3) is 2.83. The molecular formula is C14H25NO2. The molecule has 1 N–H and O–H groups in total. The fraction of sp³-hybridized carbons (Fsp3) is 1.00. The molecular weight excluding hydrogens is 214 g/mol. The van der Waals surface area contributed by atoms with Crippen molar-refractivity contribution in [1.29, 1.82) is 0 Å². The van der Waals surface area contributed by atoms with Gasteiger partial charge >= 0.3 is 0 Å². The summed E-state index contributed by atoms with van der Waals surface area (Å²) >= 11 is 0. The van der Waals surface area contributed by atoms with Crippen LogP contribution in [0.3, 0.4) is 0 Å². The van der Waals surface area contributed by atoms with Crippen LogP contribution in [0.5, 0.6) is 0 Å². The van der Waals surface area contributed by atoms with Crippen molar-refractivity contribution in [2.45, 2.75) is 69.1 Å². The first-order valence-electron chi connectivity index (χ1n) is 7.34. The summed E-state index contributed by atoms with van der Waals surface area (Å²) in [5.41, 5.74) is 0.251. The highest BCUT2D eigenvalue weighted by atomic mass is 16.5. The summed E-state index contributed by atoms with van der Waals surface area (Å²) in [4.78, 5) is 0. The van der Waals surface area contributed by atoms with Crippen LogP contribution in [-0.2, 0) is 9.47 Å². The van der Waals surface area contributed by atoms with Gasteiger partial charge in [-0.1, -0.05) is 12.8 Å². The van der Waals surface area contributed by atoms with E-state index in [2.05, 4.69) is 5.32 Å². The Hall–Kier alpha value is -0.120. The molecule has 1 atom stereocenters. The summed E-state index contributed by atoms with van der Waals surface area (Å²) in [6.07, 6.45) is 10.1. The van der Waals surface area contributed by atoms with E-state index in [0.717, 1.165) is 19.8 Å². The second-order valence-electron chi connectivity index (χ2n) is 5.98. The minimum absolute atomic E-state index is 0.251. The predicted molar refractivity (Wildman–Crippen MR) is 67.1 cm³/mol. The Morgan fingerprint density at radius 1 is 0.882 bits per heavy atom. The highest BCUT2D eigenvalue weighted by Crippen LogP contribution is 2.40. The SMILES string of the molecule is C1CCC2(C1)CC(NC1CCOCC1)CCO2. The maximum absolute atomic E-state index is 6.08. The van der Waals surface area contributed by atoms with Gasteiger partial charge in [-0.05, 0) is 38.5 Å². The molecule has 98 valence electrons. The van der Waals surface area contributed by atoms with Crippen LogP contribution in [0.1, 0.15) is 51.4 Å². The van der Waals surface area contributed by atoms with Crippen LogP contribution >= 0.6 is 0 Å². The fourth-order valence-corrected chi connectivity index (χ4v) is 3.74. The van der Waals surface area contributed by atoms with Gasteiger partial charge in [-0.25, -0.2) is 0 Å². The zero-order valence-corrected chi connectivity index (χ0v) is 10.7. The molecule has 3 heteroatoms. The smallest absolute Gasteiger partial charge is 0.0697 e. The van der Waals surface area contributed by atoms with Gasteiger partial charge < -0.3 is 14.8 Å². The minimum Gasteiger partial charge on any atom is -0.381 e. The molecule has 1 saturated carbocycles. The van der Waals surface area contributed by atoms with Gasteiger partial charge in [0.25, 0.3) is 0 Å². The van der Waals surface area contributed by atoms with Gasteiger partial charge in [0.05, 0.1) is 5.60 Å². The summed E-state index contributed by atoms with van der Waals surface area (Å²) < 4.78 is 11.5. The zero-order valence-electron chi connectivity index (χ0n) is 10.7. The first-order chi connectivity index (χ1) is 8.36. The van der Waals surface area contributed by atoms with Gasteiger partial charge in [0.1, 0.15) is 0 Å². The predicted octanol–water partition coefficient (Wildman–Crippen LogP) is 2.25.